The number of carbonyl (C=O) groups excluding carboxylic acids is 2. The molecule has 0 fully saturated rings. The van der Waals surface area contributed by atoms with Crippen molar-refractivity contribution in [3.63, 3.8) is 0 Å². The second-order valence-electron chi connectivity index (χ2n) is 6.62. The molecule has 1 aliphatic heterocycles. The molecule has 0 saturated carbocycles. The molecule has 1 heterocycles. The van der Waals surface area contributed by atoms with E-state index in [1.165, 1.54) is 28.4 Å². The highest BCUT2D eigenvalue weighted by molar-refractivity contribution is 8.08. The number of carbonyl (C=O) groups is 3. The summed E-state index contributed by atoms with van der Waals surface area (Å²) in [6, 6.07) is 18.9. The third-order valence-electron chi connectivity index (χ3n) is 4.30. The summed E-state index contributed by atoms with van der Waals surface area (Å²) >= 11 is 2.57. The first-order chi connectivity index (χ1) is 15.6. The van der Waals surface area contributed by atoms with Crippen LogP contribution in [0.4, 0.5) is 0 Å². The Morgan fingerprint density at radius 2 is 1.22 bits per heavy atom. The van der Waals surface area contributed by atoms with Crippen LogP contribution in [0.1, 0.15) is 6.42 Å². The van der Waals surface area contributed by atoms with E-state index < -0.39 is 5.97 Å². The molecular weight excluding hydrogens is 450 g/mol. The molecule has 2 aromatic rings. The molecule has 0 aromatic heterocycles. The van der Waals surface area contributed by atoms with Crippen LogP contribution in [0.2, 0.25) is 0 Å². The summed E-state index contributed by atoms with van der Waals surface area (Å²) in [5.74, 6) is -1.58. The van der Waals surface area contributed by atoms with Gasteiger partial charge in [0.1, 0.15) is 0 Å². The van der Waals surface area contributed by atoms with E-state index in [0.717, 1.165) is 9.79 Å². The smallest absolute Gasteiger partial charge is 0.305 e. The van der Waals surface area contributed by atoms with Crippen LogP contribution in [0.25, 0.3) is 0 Å². The number of ether oxygens (including phenoxy) is 2. The average Bonchev–Trinajstić information content (AvgIpc) is 3.01. The number of amides is 2. The summed E-state index contributed by atoms with van der Waals surface area (Å²) < 4.78 is 10.6. The molecule has 9 heteroatoms. The lowest BCUT2D eigenvalue weighted by Gasteiger charge is -2.15. The van der Waals surface area contributed by atoms with Crippen LogP contribution in [0.15, 0.2) is 80.3 Å². The molecule has 0 bridgehead atoms. The van der Waals surface area contributed by atoms with Gasteiger partial charge in [0, 0.05) is 9.79 Å². The Morgan fingerprint density at radius 3 is 1.69 bits per heavy atom. The summed E-state index contributed by atoms with van der Waals surface area (Å²) in [5.41, 5.74) is 0. The molecule has 0 aliphatic carbocycles. The van der Waals surface area contributed by atoms with Gasteiger partial charge < -0.3 is 14.6 Å². The fourth-order valence-electron chi connectivity index (χ4n) is 2.76. The van der Waals surface area contributed by atoms with Gasteiger partial charge in [-0.1, -0.05) is 59.9 Å². The van der Waals surface area contributed by atoms with E-state index in [1.54, 1.807) is 0 Å². The Kier molecular flexibility index (Phi) is 9.36. The minimum atomic E-state index is -0.919. The number of nitrogens with zero attached hydrogens (tertiary/aromatic N) is 1. The van der Waals surface area contributed by atoms with Crippen LogP contribution in [0.5, 0.6) is 0 Å². The maximum Gasteiger partial charge on any atom is 0.305 e. The van der Waals surface area contributed by atoms with Gasteiger partial charge in [-0.2, -0.15) is 0 Å². The summed E-state index contributed by atoms with van der Waals surface area (Å²) in [5, 5.41) is 8.57. The predicted octanol–water partition coefficient (Wildman–Crippen LogP) is 3.66. The maximum atomic E-state index is 13.1. The maximum absolute atomic E-state index is 13.1. The molecule has 1 aliphatic rings. The van der Waals surface area contributed by atoms with Gasteiger partial charge in [-0.25, -0.2) is 0 Å². The Morgan fingerprint density at radius 1 is 0.750 bits per heavy atom. The van der Waals surface area contributed by atoms with E-state index in [0.29, 0.717) is 9.81 Å². The van der Waals surface area contributed by atoms with Gasteiger partial charge in [-0.05, 0) is 24.3 Å². The zero-order valence-corrected chi connectivity index (χ0v) is 18.9. The number of carboxylic acid groups (broad SMARTS) is 1. The number of imide groups is 1. The Bertz CT molecular complexity index is 901. The number of thioether (sulfide) groups is 2. The number of rotatable bonds is 13. The largest absolute Gasteiger partial charge is 0.481 e. The number of benzene rings is 2. The number of hydrogen-bond donors (Lipinski definition) is 1. The predicted molar refractivity (Wildman–Crippen MR) is 122 cm³/mol. The monoisotopic (exact) mass is 473 g/mol. The molecule has 3 rings (SSSR count). The molecule has 7 nitrogen and oxygen atoms in total. The van der Waals surface area contributed by atoms with E-state index in [4.69, 9.17) is 14.6 Å². The highest BCUT2D eigenvalue weighted by Gasteiger charge is 2.39. The topological polar surface area (TPSA) is 93.1 Å². The third kappa shape index (κ3) is 6.96. The van der Waals surface area contributed by atoms with Crippen molar-refractivity contribution in [2.24, 2.45) is 0 Å². The van der Waals surface area contributed by atoms with Gasteiger partial charge in [0.2, 0.25) is 0 Å². The first-order valence-electron chi connectivity index (χ1n) is 10.00. The number of carboxylic acids is 1. The zero-order valence-electron chi connectivity index (χ0n) is 17.3. The van der Waals surface area contributed by atoms with Gasteiger partial charge in [0.15, 0.2) is 0 Å². The average molecular weight is 474 g/mol. The van der Waals surface area contributed by atoms with Gasteiger partial charge in [0.25, 0.3) is 11.8 Å². The number of aliphatic carboxylic acids is 1. The minimum absolute atomic E-state index is 0.0633. The summed E-state index contributed by atoms with van der Waals surface area (Å²) in [6.45, 7) is 0.917. The normalized spacial score (nSPS) is 13.8. The van der Waals surface area contributed by atoms with E-state index >= 15 is 0 Å². The van der Waals surface area contributed by atoms with Crippen LogP contribution in [-0.4, -0.2) is 60.8 Å². The molecule has 1 N–H and O–H groups in total. The van der Waals surface area contributed by atoms with Crippen LogP contribution >= 0.6 is 23.5 Å². The van der Waals surface area contributed by atoms with Gasteiger partial charge in [-0.15, -0.1) is 0 Å². The SMILES string of the molecule is O=C(O)CCOCCOCCN1C(=O)C(Sc2ccccc2)=C(Sc2ccccc2)C1=O. The Labute approximate surface area is 194 Å². The van der Waals surface area contributed by atoms with Crippen molar-refractivity contribution in [2.45, 2.75) is 16.2 Å². The lowest BCUT2D eigenvalue weighted by atomic mass is 10.4. The summed E-state index contributed by atoms with van der Waals surface area (Å²) in [7, 11) is 0. The molecule has 32 heavy (non-hydrogen) atoms. The zero-order chi connectivity index (χ0) is 22.8. The van der Waals surface area contributed by atoms with Gasteiger partial charge >= 0.3 is 5.97 Å². The Hall–Kier alpha value is -2.59. The van der Waals surface area contributed by atoms with Crippen molar-refractivity contribution in [2.75, 3.05) is 33.0 Å². The second-order valence-corrected chi connectivity index (χ2v) is 8.79. The lowest BCUT2D eigenvalue weighted by molar-refractivity contribution is -0.138. The first kappa shape index (κ1) is 24.1. The van der Waals surface area contributed by atoms with Crippen molar-refractivity contribution in [3.8, 4) is 0 Å². The first-order valence-corrected chi connectivity index (χ1v) is 11.6. The highest BCUT2D eigenvalue weighted by Crippen LogP contribution is 2.42. The summed E-state index contributed by atoms with van der Waals surface area (Å²) in [4.78, 5) is 40.4. The fraction of sp³-hybridized carbons (Fsp3) is 0.261. The molecule has 0 saturated heterocycles. The van der Waals surface area contributed by atoms with E-state index in [9.17, 15) is 14.4 Å². The molecule has 2 amide bonds. The molecule has 0 atom stereocenters. The van der Waals surface area contributed by atoms with E-state index in [1.807, 2.05) is 60.7 Å². The highest BCUT2D eigenvalue weighted by atomic mass is 32.2. The van der Waals surface area contributed by atoms with Crippen molar-refractivity contribution >= 4 is 41.3 Å². The van der Waals surface area contributed by atoms with Gasteiger partial charge in [0.05, 0.1) is 49.2 Å². The molecule has 168 valence electrons. The number of hydrogen-bond acceptors (Lipinski definition) is 7. The molecule has 0 radical (unpaired) electrons. The summed E-state index contributed by atoms with van der Waals surface area (Å²) in [6.07, 6.45) is -0.0633. The van der Waals surface area contributed by atoms with Crippen LogP contribution in [0.3, 0.4) is 0 Å². The molecule has 0 spiro atoms. The Balaban J connectivity index is 1.60. The van der Waals surface area contributed by atoms with Crippen LogP contribution < -0.4 is 0 Å². The second kappa shape index (κ2) is 12.4. The lowest BCUT2D eigenvalue weighted by Crippen LogP contribution is -2.34. The van der Waals surface area contributed by atoms with Crippen molar-refractivity contribution in [3.05, 3.63) is 70.5 Å². The third-order valence-corrected chi connectivity index (χ3v) is 6.61. The van der Waals surface area contributed by atoms with E-state index in [2.05, 4.69) is 0 Å². The fourth-order valence-corrected chi connectivity index (χ4v) is 4.83. The quantitative estimate of drug-likeness (QED) is 0.348. The van der Waals surface area contributed by atoms with Crippen molar-refractivity contribution in [1.82, 2.24) is 4.90 Å². The molecular formula is C23H23NO6S2. The van der Waals surface area contributed by atoms with Crippen molar-refractivity contribution < 1.29 is 29.0 Å². The minimum Gasteiger partial charge on any atom is -0.481 e. The van der Waals surface area contributed by atoms with Crippen LogP contribution in [-0.2, 0) is 23.9 Å². The van der Waals surface area contributed by atoms with Gasteiger partial charge in [-0.3, -0.25) is 19.3 Å². The van der Waals surface area contributed by atoms with Crippen LogP contribution in [0, 0.1) is 0 Å². The van der Waals surface area contributed by atoms with E-state index in [-0.39, 0.29) is 51.2 Å². The standard InChI is InChI=1S/C23H23NO6S2/c25-19(26)11-13-29-15-16-30-14-12-24-22(27)20(31-17-7-3-1-4-8-17)21(23(24)28)32-18-9-5-2-6-10-18/h1-10H,11-16H2,(H,25,26). The molecule has 0 unspecified atom stereocenters. The molecule has 2 aromatic carbocycles. The van der Waals surface area contributed by atoms with Crippen molar-refractivity contribution in [1.29, 1.82) is 0 Å².